The van der Waals surface area contributed by atoms with Gasteiger partial charge in [-0.3, -0.25) is 4.79 Å². The number of aliphatic hydroxyl groups is 1. The summed E-state index contributed by atoms with van der Waals surface area (Å²) < 4.78 is 33.2. The van der Waals surface area contributed by atoms with Crippen LogP contribution in [0.1, 0.15) is 31.9 Å². The summed E-state index contributed by atoms with van der Waals surface area (Å²) in [5, 5.41) is 11.4. The van der Waals surface area contributed by atoms with Crippen LogP contribution in [0, 0.1) is 24.7 Å². The van der Waals surface area contributed by atoms with Crippen molar-refractivity contribution >= 4 is 16.0 Å². The number of carbonyl (C=O) groups is 1. The molecule has 30 heavy (non-hydrogen) atoms. The first-order chi connectivity index (χ1) is 14.1. The van der Waals surface area contributed by atoms with Crippen LogP contribution in [0.5, 0.6) is 0 Å². The molecular weight excluding hydrogens is 402 g/mol. The molecule has 0 fully saturated rings. The number of esters is 1. The minimum Gasteiger partial charge on any atom is -0.465 e. The lowest BCUT2D eigenvalue weighted by Crippen LogP contribution is -2.59. The second-order valence-electron chi connectivity index (χ2n) is 7.22. The largest absolute Gasteiger partial charge is 0.465 e. The first-order valence-corrected chi connectivity index (χ1v) is 11.1. The predicted octanol–water partition coefficient (Wildman–Crippen LogP) is 2.64. The smallest absolute Gasteiger partial charge is 0.328 e. The highest BCUT2D eigenvalue weighted by molar-refractivity contribution is 7.89. The van der Waals surface area contributed by atoms with Crippen molar-refractivity contribution in [2.24, 2.45) is 5.92 Å². The molecule has 0 aromatic heterocycles. The number of ether oxygens (including phenoxy) is 1. The van der Waals surface area contributed by atoms with Crippen molar-refractivity contribution in [3.8, 4) is 11.8 Å². The van der Waals surface area contributed by atoms with E-state index in [1.807, 2.05) is 13.0 Å². The normalized spacial score (nSPS) is 14.3. The summed E-state index contributed by atoms with van der Waals surface area (Å²) in [6, 6.07) is 13.5. The monoisotopic (exact) mass is 429 g/mol. The summed E-state index contributed by atoms with van der Waals surface area (Å²) in [6.07, 6.45) is 0. The summed E-state index contributed by atoms with van der Waals surface area (Å²) in [4.78, 5) is 12.7. The Hall–Kier alpha value is -2.66. The van der Waals surface area contributed by atoms with Crippen molar-refractivity contribution < 1.29 is 23.1 Å². The second-order valence-corrected chi connectivity index (χ2v) is 8.93. The molecule has 0 radical (unpaired) electrons. The zero-order chi connectivity index (χ0) is 22.4. The number of rotatable bonds is 7. The standard InChI is InChI=1S/C23H27NO5S/c1-5-29-22(25)21(24-30(27,28)20-13-11-18(4)12-14-20)23(26,17(2)3)16-15-19-9-7-6-8-10-19/h6-14,17,21,24,26H,5H2,1-4H3/t21-,23-/m1/s1. The molecule has 6 nitrogen and oxygen atoms in total. The van der Waals surface area contributed by atoms with Crippen LogP contribution in [0.4, 0.5) is 0 Å². The van der Waals surface area contributed by atoms with Crippen LogP contribution in [-0.2, 0) is 19.6 Å². The molecule has 0 heterocycles. The lowest BCUT2D eigenvalue weighted by atomic mass is 9.84. The average molecular weight is 430 g/mol. The van der Waals surface area contributed by atoms with Crippen molar-refractivity contribution in [1.29, 1.82) is 0 Å². The van der Waals surface area contributed by atoms with Gasteiger partial charge < -0.3 is 9.84 Å². The maximum Gasteiger partial charge on any atom is 0.328 e. The molecule has 0 bridgehead atoms. The lowest BCUT2D eigenvalue weighted by molar-refractivity contribution is -0.151. The number of hydrogen-bond acceptors (Lipinski definition) is 5. The van der Waals surface area contributed by atoms with Crippen LogP contribution in [0.25, 0.3) is 0 Å². The Morgan fingerprint density at radius 3 is 2.27 bits per heavy atom. The number of hydrogen-bond donors (Lipinski definition) is 2. The van der Waals surface area contributed by atoms with Gasteiger partial charge in [0.25, 0.3) is 0 Å². The van der Waals surface area contributed by atoms with E-state index < -0.39 is 33.6 Å². The Labute approximate surface area is 178 Å². The van der Waals surface area contributed by atoms with Crippen molar-refractivity contribution in [3.63, 3.8) is 0 Å². The molecule has 7 heteroatoms. The van der Waals surface area contributed by atoms with Crippen LogP contribution in [0.2, 0.25) is 0 Å². The van der Waals surface area contributed by atoms with Crippen LogP contribution in [-0.4, -0.2) is 37.7 Å². The highest BCUT2D eigenvalue weighted by Gasteiger charge is 2.46. The van der Waals surface area contributed by atoms with E-state index in [4.69, 9.17) is 4.74 Å². The van der Waals surface area contributed by atoms with Gasteiger partial charge in [0.2, 0.25) is 10.0 Å². The van der Waals surface area contributed by atoms with Crippen LogP contribution >= 0.6 is 0 Å². The molecule has 0 unspecified atom stereocenters. The lowest BCUT2D eigenvalue weighted by Gasteiger charge is -2.33. The van der Waals surface area contributed by atoms with E-state index in [1.165, 1.54) is 12.1 Å². The van der Waals surface area contributed by atoms with Gasteiger partial charge in [0.15, 0.2) is 11.6 Å². The van der Waals surface area contributed by atoms with Gasteiger partial charge in [-0.1, -0.05) is 61.6 Å². The molecule has 0 spiro atoms. The van der Waals surface area contributed by atoms with E-state index in [0.717, 1.165) is 5.56 Å². The Balaban J connectivity index is 2.50. The van der Waals surface area contributed by atoms with Gasteiger partial charge in [0.1, 0.15) is 0 Å². The summed E-state index contributed by atoms with van der Waals surface area (Å²) in [5.41, 5.74) is -0.483. The molecule has 2 N–H and O–H groups in total. The van der Waals surface area contributed by atoms with Gasteiger partial charge in [-0.2, -0.15) is 4.72 Å². The summed E-state index contributed by atoms with van der Waals surface area (Å²) in [6.45, 7) is 6.79. The third-order valence-electron chi connectivity index (χ3n) is 4.63. The van der Waals surface area contributed by atoms with Crippen molar-refractivity contribution in [3.05, 3.63) is 65.7 Å². The SMILES string of the molecule is CCOC(=O)[C@@H](NS(=O)(=O)c1ccc(C)cc1)[C@@](O)(C#Cc1ccccc1)C(C)C. The fourth-order valence-electron chi connectivity index (χ4n) is 2.73. The summed E-state index contributed by atoms with van der Waals surface area (Å²) >= 11 is 0. The maximum absolute atomic E-state index is 12.9. The molecule has 2 aromatic carbocycles. The molecular formula is C23H27NO5S. The molecule has 2 atom stereocenters. The summed E-state index contributed by atoms with van der Waals surface area (Å²) in [5.74, 6) is 4.07. The van der Waals surface area contributed by atoms with Crippen molar-refractivity contribution in [2.45, 2.75) is 44.2 Å². The minimum atomic E-state index is -4.12. The van der Waals surface area contributed by atoms with Gasteiger partial charge in [0.05, 0.1) is 11.5 Å². The number of aryl methyl sites for hydroxylation is 1. The zero-order valence-electron chi connectivity index (χ0n) is 17.5. The summed E-state index contributed by atoms with van der Waals surface area (Å²) in [7, 11) is -4.12. The third kappa shape index (κ3) is 5.70. The number of carbonyl (C=O) groups excluding carboxylic acids is 1. The average Bonchev–Trinajstić information content (AvgIpc) is 2.71. The van der Waals surface area contributed by atoms with E-state index in [-0.39, 0.29) is 11.5 Å². The molecule has 0 aliphatic heterocycles. The highest BCUT2D eigenvalue weighted by Crippen LogP contribution is 2.24. The second kappa shape index (κ2) is 9.90. The highest BCUT2D eigenvalue weighted by atomic mass is 32.2. The van der Waals surface area contributed by atoms with Crippen molar-refractivity contribution in [2.75, 3.05) is 6.61 Å². The predicted molar refractivity (Wildman–Crippen MR) is 115 cm³/mol. The fraction of sp³-hybridized carbons (Fsp3) is 0.348. The molecule has 0 aliphatic rings. The van der Waals surface area contributed by atoms with E-state index >= 15 is 0 Å². The number of sulfonamides is 1. The van der Waals surface area contributed by atoms with E-state index in [2.05, 4.69) is 16.6 Å². The topological polar surface area (TPSA) is 92.7 Å². The van der Waals surface area contributed by atoms with E-state index in [0.29, 0.717) is 5.56 Å². The first-order valence-electron chi connectivity index (χ1n) is 9.66. The van der Waals surface area contributed by atoms with E-state index in [1.54, 1.807) is 57.2 Å². The van der Waals surface area contributed by atoms with Gasteiger partial charge in [-0.05, 0) is 44.0 Å². The minimum absolute atomic E-state index is 0.0236. The fourth-order valence-corrected chi connectivity index (χ4v) is 3.94. The molecule has 160 valence electrons. The molecule has 0 amide bonds. The van der Waals surface area contributed by atoms with E-state index in [9.17, 15) is 18.3 Å². The Morgan fingerprint density at radius 1 is 1.13 bits per heavy atom. The molecule has 2 aromatic rings. The molecule has 0 saturated carbocycles. The quantitative estimate of drug-likeness (QED) is 0.521. The Morgan fingerprint density at radius 2 is 1.73 bits per heavy atom. The van der Waals surface area contributed by atoms with Crippen LogP contribution in [0.15, 0.2) is 59.5 Å². The van der Waals surface area contributed by atoms with Crippen molar-refractivity contribution in [1.82, 2.24) is 4.72 Å². The van der Waals surface area contributed by atoms with Crippen LogP contribution in [0.3, 0.4) is 0 Å². The third-order valence-corrected chi connectivity index (χ3v) is 6.07. The number of nitrogens with one attached hydrogen (secondary N) is 1. The first kappa shape index (κ1) is 23.6. The van der Waals surface area contributed by atoms with Crippen LogP contribution < -0.4 is 4.72 Å². The molecule has 2 rings (SSSR count). The van der Waals surface area contributed by atoms with Gasteiger partial charge in [-0.25, -0.2) is 8.42 Å². The number of benzene rings is 2. The zero-order valence-corrected chi connectivity index (χ0v) is 18.4. The Kier molecular flexibility index (Phi) is 7.79. The van der Waals surface area contributed by atoms with Gasteiger partial charge in [0, 0.05) is 5.56 Å². The molecule has 0 aliphatic carbocycles. The van der Waals surface area contributed by atoms with Gasteiger partial charge >= 0.3 is 5.97 Å². The Bertz CT molecular complexity index is 1020. The molecule has 0 saturated heterocycles. The van der Waals surface area contributed by atoms with Gasteiger partial charge in [-0.15, -0.1) is 0 Å². The maximum atomic E-state index is 12.9.